The Morgan fingerprint density at radius 2 is 2.00 bits per heavy atom. The summed E-state index contributed by atoms with van der Waals surface area (Å²) in [6.07, 6.45) is 7.22. The summed E-state index contributed by atoms with van der Waals surface area (Å²) < 4.78 is 38.1. The van der Waals surface area contributed by atoms with Gasteiger partial charge in [0, 0.05) is 23.5 Å². The number of halogens is 1. The van der Waals surface area contributed by atoms with Crippen LogP contribution >= 0.6 is 11.6 Å². The van der Waals surface area contributed by atoms with Crippen LogP contribution in [0.1, 0.15) is 57.6 Å². The number of hydrogen-bond donors (Lipinski definition) is 1. The topological polar surface area (TPSA) is 81.9 Å². The van der Waals surface area contributed by atoms with Crippen LogP contribution in [-0.4, -0.2) is 42.5 Å². The number of hydrogen-bond acceptors (Lipinski definition) is 5. The van der Waals surface area contributed by atoms with Gasteiger partial charge in [0.05, 0.1) is 23.3 Å². The highest BCUT2D eigenvalue weighted by Crippen LogP contribution is 2.48. The van der Waals surface area contributed by atoms with E-state index >= 15 is 0 Å². The number of aryl methyl sites for hydroxylation is 1. The van der Waals surface area contributed by atoms with Gasteiger partial charge < -0.3 is 14.1 Å². The van der Waals surface area contributed by atoms with Gasteiger partial charge in [0.15, 0.2) is 8.32 Å². The van der Waals surface area contributed by atoms with E-state index in [0.29, 0.717) is 24.2 Å². The maximum atomic E-state index is 12.4. The predicted molar refractivity (Wildman–Crippen MR) is 170 cm³/mol. The minimum atomic E-state index is -3.87. The van der Waals surface area contributed by atoms with Gasteiger partial charge in [-0.25, -0.2) is 13.6 Å². The average molecular weight is 617 g/mol. The van der Waals surface area contributed by atoms with Crippen LogP contribution in [0, 0.1) is 11.8 Å². The fourth-order valence-electron chi connectivity index (χ4n) is 6.64. The van der Waals surface area contributed by atoms with Crippen LogP contribution in [-0.2, 0) is 26.3 Å². The quantitative estimate of drug-likeness (QED) is 0.266. The summed E-state index contributed by atoms with van der Waals surface area (Å²) in [5.74, 6) is 1.45. The summed E-state index contributed by atoms with van der Waals surface area (Å²) >= 11 is 6.40. The first-order valence-corrected chi connectivity index (χ1v) is 19.6. The molecule has 2 N–H and O–H groups in total. The molecule has 1 fully saturated rings. The zero-order valence-corrected chi connectivity index (χ0v) is 27.7. The molecule has 0 aromatic heterocycles. The number of anilines is 1. The Morgan fingerprint density at radius 3 is 2.63 bits per heavy atom. The molecule has 5 rings (SSSR count). The lowest BCUT2D eigenvalue weighted by Crippen LogP contribution is -2.52. The second kappa shape index (κ2) is 11.0. The van der Waals surface area contributed by atoms with E-state index in [1.54, 1.807) is 18.2 Å². The van der Waals surface area contributed by atoms with Gasteiger partial charge in [-0.2, -0.15) is 0 Å². The molecule has 0 radical (unpaired) electrons. The van der Waals surface area contributed by atoms with Crippen molar-refractivity contribution in [1.29, 1.82) is 0 Å². The Kier molecular flexibility index (Phi) is 8.22. The second-order valence-corrected chi connectivity index (χ2v) is 20.6. The Hall–Kier alpha value is -1.84. The molecule has 0 bridgehead atoms. The number of rotatable bonds is 7. The number of nitrogens with two attached hydrogens (primary N) is 1. The first kappa shape index (κ1) is 30.6. The van der Waals surface area contributed by atoms with Gasteiger partial charge in [0.1, 0.15) is 5.75 Å². The first-order chi connectivity index (χ1) is 19.1. The van der Waals surface area contributed by atoms with Crippen molar-refractivity contribution in [2.75, 3.05) is 24.6 Å². The van der Waals surface area contributed by atoms with Crippen molar-refractivity contribution in [3.8, 4) is 5.75 Å². The molecule has 3 aliphatic rings. The van der Waals surface area contributed by atoms with E-state index in [4.69, 9.17) is 25.9 Å². The standard InChI is InChI=1S/C32H45ClN2O4SSi/c1-7-29(39-41(5,6)31(2,3)4)26-13-10-23(26)19-35-20-32(16-8-9-22-17-24(33)11-14-27(22)32)21-38-30-15-12-25(18-28(30)35)40(34,36)37/h7,11-12,14-15,17-18,23,26,29H,1,8-10,13,16,19-21H2,2-6H3,(H2,34,36,37)/t23-,26+,29-,32-/m0/s1. The fraction of sp³-hybridized carbons (Fsp3) is 0.562. The summed E-state index contributed by atoms with van der Waals surface area (Å²) in [6, 6.07) is 11.2. The maximum Gasteiger partial charge on any atom is 0.238 e. The largest absolute Gasteiger partial charge is 0.490 e. The third-order valence-electron chi connectivity index (χ3n) is 10.2. The van der Waals surface area contributed by atoms with E-state index in [0.717, 1.165) is 55.9 Å². The van der Waals surface area contributed by atoms with Crippen LogP contribution in [0.3, 0.4) is 0 Å². The number of nitrogens with zero attached hydrogens (tertiary/aromatic N) is 1. The molecule has 1 spiro atoms. The smallest absolute Gasteiger partial charge is 0.238 e. The molecule has 2 aromatic rings. The lowest BCUT2D eigenvalue weighted by Gasteiger charge is -2.48. The Balaban J connectivity index is 1.50. The van der Waals surface area contributed by atoms with Gasteiger partial charge in [-0.3, -0.25) is 0 Å². The van der Waals surface area contributed by atoms with E-state index in [1.165, 1.54) is 11.1 Å². The van der Waals surface area contributed by atoms with Crippen molar-refractivity contribution in [2.45, 2.75) is 87.4 Å². The van der Waals surface area contributed by atoms with Gasteiger partial charge in [0.25, 0.3) is 0 Å². The van der Waals surface area contributed by atoms with Crippen molar-refractivity contribution in [3.05, 3.63) is 65.2 Å². The molecule has 0 saturated heterocycles. The zero-order valence-electron chi connectivity index (χ0n) is 25.1. The Morgan fingerprint density at radius 1 is 1.24 bits per heavy atom. The molecule has 0 unspecified atom stereocenters. The van der Waals surface area contributed by atoms with E-state index in [-0.39, 0.29) is 21.5 Å². The number of ether oxygens (including phenoxy) is 1. The van der Waals surface area contributed by atoms with Gasteiger partial charge in [-0.05, 0) is 104 Å². The highest BCUT2D eigenvalue weighted by molar-refractivity contribution is 7.89. The lowest BCUT2D eigenvalue weighted by molar-refractivity contribution is 0.0528. The van der Waals surface area contributed by atoms with Crippen LogP contribution in [0.25, 0.3) is 0 Å². The molecule has 1 saturated carbocycles. The molecule has 0 amide bonds. The summed E-state index contributed by atoms with van der Waals surface area (Å²) in [5.41, 5.74) is 3.13. The molecule has 2 aliphatic carbocycles. The molecule has 9 heteroatoms. The SMILES string of the molecule is C=C[C@H](O[Si](C)(C)C(C)(C)C)[C@@H]1CC[C@H]1CN1C[C@@]2(CCCc3cc(Cl)ccc32)COc2ccc(S(N)(=O)=O)cc21. The minimum Gasteiger partial charge on any atom is -0.490 e. The van der Waals surface area contributed by atoms with E-state index in [9.17, 15) is 8.42 Å². The highest BCUT2D eigenvalue weighted by atomic mass is 35.5. The fourth-order valence-corrected chi connectivity index (χ4v) is 8.67. The third-order valence-corrected chi connectivity index (χ3v) is 15.8. The van der Waals surface area contributed by atoms with E-state index < -0.39 is 18.3 Å². The normalized spacial score (nSPS) is 25.4. The van der Waals surface area contributed by atoms with Crippen LogP contribution in [0.2, 0.25) is 23.2 Å². The Bertz CT molecular complexity index is 1420. The number of benzene rings is 2. The molecular weight excluding hydrogens is 572 g/mol. The van der Waals surface area contributed by atoms with Gasteiger partial charge in [-0.15, -0.1) is 6.58 Å². The minimum absolute atomic E-state index is 0.000368. The second-order valence-electron chi connectivity index (χ2n) is 13.9. The lowest BCUT2D eigenvalue weighted by atomic mass is 9.68. The first-order valence-electron chi connectivity index (χ1n) is 14.8. The zero-order chi connectivity index (χ0) is 29.8. The van der Waals surface area contributed by atoms with Crippen LogP contribution in [0.15, 0.2) is 53.9 Å². The van der Waals surface area contributed by atoms with Crippen molar-refractivity contribution >= 4 is 35.6 Å². The van der Waals surface area contributed by atoms with Crippen molar-refractivity contribution in [3.63, 3.8) is 0 Å². The molecule has 41 heavy (non-hydrogen) atoms. The van der Waals surface area contributed by atoms with Crippen molar-refractivity contribution in [1.82, 2.24) is 0 Å². The molecule has 224 valence electrons. The highest BCUT2D eigenvalue weighted by Gasteiger charge is 2.46. The van der Waals surface area contributed by atoms with Crippen LogP contribution in [0.5, 0.6) is 5.75 Å². The summed E-state index contributed by atoms with van der Waals surface area (Å²) in [5, 5.41) is 6.44. The number of sulfonamides is 1. The predicted octanol–water partition coefficient (Wildman–Crippen LogP) is 7.06. The number of primary sulfonamides is 1. The molecule has 6 nitrogen and oxygen atoms in total. The van der Waals surface area contributed by atoms with Crippen molar-refractivity contribution in [2.24, 2.45) is 17.0 Å². The molecule has 1 aliphatic heterocycles. The number of fused-ring (bicyclic) bond motifs is 3. The summed E-state index contributed by atoms with van der Waals surface area (Å²) in [7, 11) is -5.85. The molecule has 4 atom stereocenters. The Labute approximate surface area is 252 Å². The third kappa shape index (κ3) is 6.00. The molecule has 1 heterocycles. The molecule has 2 aromatic carbocycles. The van der Waals surface area contributed by atoms with Gasteiger partial charge in [0.2, 0.25) is 10.0 Å². The van der Waals surface area contributed by atoms with Crippen LogP contribution in [0.4, 0.5) is 5.69 Å². The summed E-state index contributed by atoms with van der Waals surface area (Å²) in [4.78, 5) is 2.47. The summed E-state index contributed by atoms with van der Waals surface area (Å²) in [6.45, 7) is 17.6. The molecular formula is C32H45ClN2O4SSi. The average Bonchev–Trinajstić information content (AvgIpc) is 3.02. The van der Waals surface area contributed by atoms with Gasteiger partial charge in [-0.1, -0.05) is 44.5 Å². The van der Waals surface area contributed by atoms with Crippen LogP contribution < -0.4 is 14.8 Å². The van der Waals surface area contributed by atoms with Gasteiger partial charge >= 0.3 is 0 Å². The maximum absolute atomic E-state index is 12.4. The van der Waals surface area contributed by atoms with Crippen molar-refractivity contribution < 1.29 is 17.6 Å². The van der Waals surface area contributed by atoms with E-state index in [2.05, 4.69) is 57.5 Å². The van der Waals surface area contributed by atoms with E-state index in [1.807, 2.05) is 12.1 Å². The monoisotopic (exact) mass is 616 g/mol.